The summed E-state index contributed by atoms with van der Waals surface area (Å²) in [6.07, 6.45) is 1.68. The van der Waals surface area contributed by atoms with Crippen LogP contribution in [0.3, 0.4) is 0 Å². The summed E-state index contributed by atoms with van der Waals surface area (Å²) in [4.78, 5) is 26.9. The maximum Gasteiger partial charge on any atom is 0.270 e. The van der Waals surface area contributed by atoms with Crippen molar-refractivity contribution in [2.24, 2.45) is 0 Å². The fraction of sp³-hybridized carbons (Fsp3) is 0.115. The van der Waals surface area contributed by atoms with Gasteiger partial charge in [-0.3, -0.25) is 14.5 Å². The number of hydrogen-bond donors (Lipinski definition) is 1. The van der Waals surface area contributed by atoms with Crippen molar-refractivity contribution in [3.05, 3.63) is 88.6 Å². The lowest BCUT2D eigenvalue weighted by Crippen LogP contribution is -2.27. The molecule has 178 valence electrons. The third kappa shape index (κ3) is 5.70. The highest BCUT2D eigenvalue weighted by Gasteiger charge is 2.33. The Morgan fingerprint density at radius 3 is 2.66 bits per heavy atom. The summed E-state index contributed by atoms with van der Waals surface area (Å²) in [5.41, 5.74) is 2.73. The van der Waals surface area contributed by atoms with E-state index < -0.39 is 5.82 Å². The molecule has 0 atom stereocenters. The van der Waals surface area contributed by atoms with Crippen LogP contribution in [0.25, 0.3) is 6.08 Å². The van der Waals surface area contributed by atoms with E-state index in [2.05, 4.69) is 5.32 Å². The van der Waals surface area contributed by atoms with E-state index in [1.165, 1.54) is 30.2 Å². The Balaban J connectivity index is 1.46. The lowest BCUT2D eigenvalue weighted by Gasteiger charge is -2.14. The number of nitrogens with zero attached hydrogens (tertiary/aromatic N) is 1. The molecule has 4 rings (SSSR count). The highest BCUT2D eigenvalue weighted by atomic mass is 32.2. The van der Waals surface area contributed by atoms with Gasteiger partial charge in [0.25, 0.3) is 11.8 Å². The monoisotopic (exact) mass is 508 g/mol. The zero-order chi connectivity index (χ0) is 24.9. The molecule has 35 heavy (non-hydrogen) atoms. The van der Waals surface area contributed by atoms with E-state index in [4.69, 9.17) is 21.7 Å². The second-order valence-electron chi connectivity index (χ2n) is 7.56. The summed E-state index contributed by atoms with van der Waals surface area (Å²) in [5, 5.41) is 2.81. The van der Waals surface area contributed by atoms with Crippen molar-refractivity contribution in [1.82, 2.24) is 0 Å². The van der Waals surface area contributed by atoms with Crippen LogP contribution in [0.15, 0.2) is 71.6 Å². The molecule has 1 heterocycles. The normalized spacial score (nSPS) is 14.4. The van der Waals surface area contributed by atoms with Gasteiger partial charge >= 0.3 is 0 Å². The third-order valence-electron chi connectivity index (χ3n) is 5.12. The molecule has 2 amide bonds. The van der Waals surface area contributed by atoms with Crippen LogP contribution >= 0.6 is 24.0 Å². The van der Waals surface area contributed by atoms with E-state index in [-0.39, 0.29) is 18.4 Å². The second kappa shape index (κ2) is 10.7. The number of methoxy groups -OCH3 is 1. The van der Waals surface area contributed by atoms with Gasteiger partial charge in [0.15, 0.2) is 22.4 Å². The van der Waals surface area contributed by atoms with Crippen LogP contribution in [0.4, 0.5) is 15.8 Å². The van der Waals surface area contributed by atoms with Crippen molar-refractivity contribution in [1.29, 1.82) is 0 Å². The van der Waals surface area contributed by atoms with Crippen LogP contribution < -0.4 is 19.7 Å². The molecule has 1 aliphatic rings. The summed E-state index contributed by atoms with van der Waals surface area (Å²) < 4.78 is 25.0. The molecule has 0 bridgehead atoms. The fourth-order valence-corrected chi connectivity index (χ4v) is 4.69. The number of hydrogen-bond acceptors (Lipinski definition) is 6. The fourth-order valence-electron chi connectivity index (χ4n) is 3.39. The van der Waals surface area contributed by atoms with Crippen LogP contribution in [-0.4, -0.2) is 29.9 Å². The smallest absolute Gasteiger partial charge is 0.270 e. The number of rotatable bonds is 7. The van der Waals surface area contributed by atoms with Gasteiger partial charge in [0, 0.05) is 5.69 Å². The predicted molar refractivity (Wildman–Crippen MR) is 140 cm³/mol. The molecule has 1 aliphatic heterocycles. The zero-order valence-electron chi connectivity index (χ0n) is 18.9. The van der Waals surface area contributed by atoms with Crippen LogP contribution in [-0.2, 0) is 9.59 Å². The van der Waals surface area contributed by atoms with E-state index in [9.17, 15) is 14.0 Å². The molecular weight excluding hydrogens is 487 g/mol. The number of carbonyl (C=O) groups is 2. The van der Waals surface area contributed by atoms with Crippen LogP contribution in [0.2, 0.25) is 0 Å². The summed E-state index contributed by atoms with van der Waals surface area (Å²) in [6, 6.07) is 18.3. The Bertz CT molecular complexity index is 1340. The van der Waals surface area contributed by atoms with Crippen molar-refractivity contribution in [2.45, 2.75) is 6.92 Å². The topological polar surface area (TPSA) is 67.9 Å². The largest absolute Gasteiger partial charge is 0.493 e. The van der Waals surface area contributed by atoms with Gasteiger partial charge in [-0.2, -0.15) is 0 Å². The molecule has 0 saturated carbocycles. The quantitative estimate of drug-likeness (QED) is 0.333. The van der Waals surface area contributed by atoms with E-state index in [1.807, 2.05) is 31.2 Å². The number of amides is 2. The standard InChI is InChI=1S/C26H21FN2O4S2/c1-16-6-3-4-9-20(16)28-24(30)15-33-21-11-10-17(12-22(21)32-2)13-23-25(31)29(26(34)35-23)19-8-5-7-18(27)14-19/h3-14H,15H2,1-2H3,(H,28,30)/b23-13+. The lowest BCUT2D eigenvalue weighted by molar-refractivity contribution is -0.118. The molecule has 0 aromatic heterocycles. The third-order valence-corrected chi connectivity index (χ3v) is 6.43. The SMILES string of the molecule is COc1cc(/C=C2/SC(=S)N(c3cccc(F)c3)C2=O)ccc1OCC(=O)Nc1ccccc1C. The average Bonchev–Trinajstić information content (AvgIpc) is 3.12. The molecule has 0 radical (unpaired) electrons. The van der Waals surface area contributed by atoms with Gasteiger partial charge in [-0.25, -0.2) is 4.39 Å². The molecular formula is C26H21FN2O4S2. The summed E-state index contributed by atoms with van der Waals surface area (Å²) >= 11 is 6.47. The molecule has 6 nitrogen and oxygen atoms in total. The molecule has 0 unspecified atom stereocenters. The minimum absolute atomic E-state index is 0.198. The van der Waals surface area contributed by atoms with Crippen LogP contribution in [0.5, 0.6) is 11.5 Å². The first-order chi connectivity index (χ1) is 16.9. The Morgan fingerprint density at radius 2 is 1.91 bits per heavy atom. The number of aryl methyl sites for hydroxylation is 1. The Hall–Kier alpha value is -3.69. The molecule has 3 aromatic carbocycles. The molecule has 1 saturated heterocycles. The van der Waals surface area contributed by atoms with Crippen LogP contribution in [0, 0.1) is 12.7 Å². The summed E-state index contributed by atoms with van der Waals surface area (Å²) in [6.45, 7) is 1.71. The first kappa shape index (κ1) is 24.4. The predicted octanol–water partition coefficient (Wildman–Crippen LogP) is 5.57. The number of thiocarbonyl (C=S) groups is 1. The number of carbonyl (C=O) groups excluding carboxylic acids is 2. The molecule has 0 aliphatic carbocycles. The minimum atomic E-state index is -0.451. The van der Waals surface area contributed by atoms with E-state index in [0.29, 0.717) is 32.0 Å². The first-order valence-corrected chi connectivity index (χ1v) is 11.8. The second-order valence-corrected chi connectivity index (χ2v) is 9.23. The first-order valence-electron chi connectivity index (χ1n) is 10.6. The highest BCUT2D eigenvalue weighted by Crippen LogP contribution is 2.37. The van der Waals surface area contributed by atoms with Gasteiger partial charge in [-0.1, -0.05) is 54.3 Å². The molecule has 1 fully saturated rings. The summed E-state index contributed by atoms with van der Waals surface area (Å²) in [7, 11) is 1.49. The van der Waals surface area contributed by atoms with Crippen molar-refractivity contribution < 1.29 is 23.5 Å². The van der Waals surface area contributed by atoms with Gasteiger partial charge in [0.05, 0.1) is 17.7 Å². The maximum absolute atomic E-state index is 13.6. The number of anilines is 2. The van der Waals surface area contributed by atoms with Gasteiger partial charge in [0.1, 0.15) is 5.82 Å². The van der Waals surface area contributed by atoms with Gasteiger partial charge in [0.2, 0.25) is 0 Å². The number of ether oxygens (including phenoxy) is 2. The average molecular weight is 509 g/mol. The Morgan fingerprint density at radius 1 is 1.11 bits per heavy atom. The van der Waals surface area contributed by atoms with Crippen molar-refractivity contribution >= 4 is 57.6 Å². The number of halogens is 1. The van der Waals surface area contributed by atoms with Crippen molar-refractivity contribution in [3.8, 4) is 11.5 Å². The number of benzene rings is 3. The van der Waals surface area contributed by atoms with Gasteiger partial charge < -0.3 is 14.8 Å². The maximum atomic E-state index is 13.6. The number of nitrogens with one attached hydrogen (secondary N) is 1. The Kier molecular flexibility index (Phi) is 7.48. The van der Waals surface area contributed by atoms with Crippen LogP contribution in [0.1, 0.15) is 11.1 Å². The van der Waals surface area contributed by atoms with E-state index >= 15 is 0 Å². The molecule has 1 N–H and O–H groups in total. The van der Waals surface area contributed by atoms with Gasteiger partial charge in [-0.15, -0.1) is 0 Å². The molecule has 9 heteroatoms. The lowest BCUT2D eigenvalue weighted by atomic mass is 10.1. The van der Waals surface area contributed by atoms with Crippen molar-refractivity contribution in [3.63, 3.8) is 0 Å². The summed E-state index contributed by atoms with van der Waals surface area (Å²) in [5.74, 6) is -0.294. The van der Waals surface area contributed by atoms with Gasteiger partial charge in [-0.05, 0) is 60.5 Å². The molecule has 0 spiro atoms. The van der Waals surface area contributed by atoms with E-state index in [1.54, 1.807) is 30.3 Å². The Labute approximate surface area is 211 Å². The number of para-hydroxylation sites is 1. The highest BCUT2D eigenvalue weighted by molar-refractivity contribution is 8.27. The number of thioether (sulfide) groups is 1. The zero-order valence-corrected chi connectivity index (χ0v) is 20.5. The minimum Gasteiger partial charge on any atom is -0.493 e. The van der Waals surface area contributed by atoms with Crippen molar-refractivity contribution in [2.75, 3.05) is 23.9 Å². The van der Waals surface area contributed by atoms with E-state index in [0.717, 1.165) is 23.0 Å². The molecule has 3 aromatic rings.